The standard InChI is InChI=1S/C15H21/c1-3-5-7-9-11-13-15-14-12-10-8-6-4-2/h6-15H,1,3-5H2,2H3/b8-6+,9-7+,12-10+,13-11+,15-14+. The Morgan fingerprint density at radius 2 is 1.20 bits per heavy atom. The molecule has 0 aliphatic heterocycles. The SMILES string of the molecule is [CH2]CC/C=C/C=C/C=C/C=C/C=C/CC. The van der Waals surface area contributed by atoms with Crippen LogP contribution < -0.4 is 0 Å². The lowest BCUT2D eigenvalue weighted by Gasteiger charge is -1.79. The third-order valence-electron chi connectivity index (χ3n) is 1.66. The van der Waals surface area contributed by atoms with E-state index in [1.807, 2.05) is 36.5 Å². The van der Waals surface area contributed by atoms with Gasteiger partial charge >= 0.3 is 0 Å². The molecule has 0 aromatic carbocycles. The number of allylic oxidation sites excluding steroid dienone is 10. The summed E-state index contributed by atoms with van der Waals surface area (Å²) in [5.41, 5.74) is 0. The van der Waals surface area contributed by atoms with Gasteiger partial charge in [0.1, 0.15) is 0 Å². The molecule has 0 unspecified atom stereocenters. The maximum atomic E-state index is 3.76. The van der Waals surface area contributed by atoms with Gasteiger partial charge in [0.05, 0.1) is 0 Å². The molecule has 0 heterocycles. The Balaban J connectivity index is 3.61. The Bertz CT molecular complexity index is 249. The summed E-state index contributed by atoms with van der Waals surface area (Å²) >= 11 is 0. The molecule has 15 heavy (non-hydrogen) atoms. The largest absolute Gasteiger partial charge is 0.0848 e. The molecule has 0 aromatic heterocycles. The lowest BCUT2D eigenvalue weighted by molar-refractivity contribution is 1.05. The van der Waals surface area contributed by atoms with Crippen LogP contribution in [0.25, 0.3) is 0 Å². The fourth-order valence-corrected chi connectivity index (χ4v) is 0.892. The Morgan fingerprint density at radius 1 is 0.733 bits per heavy atom. The van der Waals surface area contributed by atoms with Crippen molar-refractivity contribution < 1.29 is 0 Å². The zero-order valence-corrected chi connectivity index (χ0v) is 9.60. The van der Waals surface area contributed by atoms with Crippen LogP contribution in [0.1, 0.15) is 26.2 Å². The normalized spacial score (nSPS) is 13.5. The molecule has 0 atom stereocenters. The first-order valence-corrected chi connectivity index (χ1v) is 5.52. The topological polar surface area (TPSA) is 0 Å². The fourth-order valence-electron chi connectivity index (χ4n) is 0.892. The summed E-state index contributed by atoms with van der Waals surface area (Å²) < 4.78 is 0. The summed E-state index contributed by atoms with van der Waals surface area (Å²) in [4.78, 5) is 0. The van der Waals surface area contributed by atoms with Gasteiger partial charge in [-0.3, -0.25) is 0 Å². The molecule has 0 rings (SSSR count). The van der Waals surface area contributed by atoms with E-state index >= 15 is 0 Å². The van der Waals surface area contributed by atoms with E-state index in [9.17, 15) is 0 Å². The van der Waals surface area contributed by atoms with Gasteiger partial charge in [-0.1, -0.05) is 74.6 Å². The molecular weight excluding hydrogens is 180 g/mol. The lowest BCUT2D eigenvalue weighted by Crippen LogP contribution is -1.59. The van der Waals surface area contributed by atoms with Gasteiger partial charge in [0, 0.05) is 0 Å². The highest BCUT2D eigenvalue weighted by Crippen LogP contribution is 1.89. The molecule has 0 nitrogen and oxygen atoms in total. The van der Waals surface area contributed by atoms with Crippen LogP contribution in [0.4, 0.5) is 0 Å². The first kappa shape index (κ1) is 13.7. The quantitative estimate of drug-likeness (QED) is 0.519. The van der Waals surface area contributed by atoms with Crippen LogP contribution in [-0.4, -0.2) is 0 Å². The molecule has 0 bridgehead atoms. The molecule has 81 valence electrons. The monoisotopic (exact) mass is 201 g/mol. The highest BCUT2D eigenvalue weighted by Gasteiger charge is 1.68. The number of hydrogen-bond donors (Lipinski definition) is 0. The van der Waals surface area contributed by atoms with E-state index in [0.717, 1.165) is 19.3 Å². The van der Waals surface area contributed by atoms with Crippen molar-refractivity contribution in [3.8, 4) is 0 Å². The Labute approximate surface area is 94.4 Å². The van der Waals surface area contributed by atoms with Crippen LogP contribution in [0.2, 0.25) is 0 Å². The van der Waals surface area contributed by atoms with Gasteiger partial charge in [-0.25, -0.2) is 0 Å². The molecule has 0 amide bonds. The van der Waals surface area contributed by atoms with Gasteiger partial charge in [-0.15, -0.1) is 0 Å². The maximum Gasteiger partial charge on any atom is -0.0348 e. The summed E-state index contributed by atoms with van der Waals surface area (Å²) in [5.74, 6) is 0. The van der Waals surface area contributed by atoms with Crippen LogP contribution in [0, 0.1) is 6.92 Å². The predicted molar refractivity (Wildman–Crippen MR) is 70.6 cm³/mol. The second-order valence-electron chi connectivity index (χ2n) is 3.06. The van der Waals surface area contributed by atoms with Gasteiger partial charge in [-0.2, -0.15) is 0 Å². The van der Waals surface area contributed by atoms with E-state index in [4.69, 9.17) is 0 Å². The van der Waals surface area contributed by atoms with Crippen LogP contribution in [0.3, 0.4) is 0 Å². The first-order valence-electron chi connectivity index (χ1n) is 5.52. The summed E-state index contributed by atoms with van der Waals surface area (Å²) in [6.07, 6.45) is 23.6. The van der Waals surface area contributed by atoms with Crippen molar-refractivity contribution in [2.75, 3.05) is 0 Å². The summed E-state index contributed by atoms with van der Waals surface area (Å²) in [6.45, 7) is 5.89. The van der Waals surface area contributed by atoms with E-state index in [-0.39, 0.29) is 0 Å². The van der Waals surface area contributed by atoms with Gasteiger partial charge in [0.2, 0.25) is 0 Å². The molecule has 0 saturated heterocycles. The fraction of sp³-hybridized carbons (Fsp3) is 0.267. The van der Waals surface area contributed by atoms with Crippen molar-refractivity contribution >= 4 is 0 Å². The van der Waals surface area contributed by atoms with Crippen LogP contribution in [0.15, 0.2) is 60.8 Å². The van der Waals surface area contributed by atoms with E-state index in [1.54, 1.807) is 0 Å². The molecule has 0 fully saturated rings. The molecule has 0 aromatic rings. The van der Waals surface area contributed by atoms with Crippen molar-refractivity contribution in [2.24, 2.45) is 0 Å². The van der Waals surface area contributed by atoms with E-state index in [1.165, 1.54) is 0 Å². The van der Waals surface area contributed by atoms with Crippen molar-refractivity contribution in [3.05, 3.63) is 67.7 Å². The van der Waals surface area contributed by atoms with E-state index in [0.29, 0.717) is 0 Å². The average molecular weight is 201 g/mol. The van der Waals surface area contributed by atoms with Gasteiger partial charge in [-0.05, 0) is 19.3 Å². The van der Waals surface area contributed by atoms with Crippen molar-refractivity contribution in [3.63, 3.8) is 0 Å². The summed E-state index contributed by atoms with van der Waals surface area (Å²) in [7, 11) is 0. The van der Waals surface area contributed by atoms with Crippen LogP contribution in [0.5, 0.6) is 0 Å². The predicted octanol–water partition coefficient (Wildman–Crippen LogP) is 4.79. The molecule has 0 heteroatoms. The Hall–Kier alpha value is -1.30. The minimum Gasteiger partial charge on any atom is -0.0848 e. The number of hydrogen-bond acceptors (Lipinski definition) is 0. The third kappa shape index (κ3) is 12.7. The van der Waals surface area contributed by atoms with Crippen molar-refractivity contribution in [1.29, 1.82) is 0 Å². The van der Waals surface area contributed by atoms with E-state index < -0.39 is 0 Å². The molecule has 0 aliphatic carbocycles. The Kier molecular flexibility index (Phi) is 11.6. The lowest BCUT2D eigenvalue weighted by atomic mass is 10.3. The second-order valence-corrected chi connectivity index (χ2v) is 3.06. The van der Waals surface area contributed by atoms with Crippen molar-refractivity contribution in [1.82, 2.24) is 0 Å². The van der Waals surface area contributed by atoms with Crippen LogP contribution in [-0.2, 0) is 0 Å². The second kappa shape index (κ2) is 12.7. The minimum absolute atomic E-state index is 0.965. The maximum absolute atomic E-state index is 3.76. The molecule has 0 spiro atoms. The van der Waals surface area contributed by atoms with Gasteiger partial charge in [0.15, 0.2) is 0 Å². The van der Waals surface area contributed by atoms with Gasteiger partial charge in [0.25, 0.3) is 0 Å². The molecule has 0 saturated carbocycles. The number of unbranched alkanes of at least 4 members (excludes halogenated alkanes) is 1. The van der Waals surface area contributed by atoms with Gasteiger partial charge < -0.3 is 0 Å². The Morgan fingerprint density at radius 3 is 1.67 bits per heavy atom. The highest BCUT2D eigenvalue weighted by molar-refractivity contribution is 5.17. The average Bonchev–Trinajstić information content (AvgIpc) is 2.26. The third-order valence-corrected chi connectivity index (χ3v) is 1.66. The minimum atomic E-state index is 0.965. The molecule has 0 N–H and O–H groups in total. The van der Waals surface area contributed by atoms with Crippen molar-refractivity contribution in [2.45, 2.75) is 26.2 Å². The number of rotatable bonds is 7. The zero-order valence-electron chi connectivity index (χ0n) is 9.60. The molecule has 0 aliphatic rings. The highest BCUT2D eigenvalue weighted by atomic mass is 13.8. The summed E-state index contributed by atoms with van der Waals surface area (Å²) in [6, 6.07) is 0. The summed E-state index contributed by atoms with van der Waals surface area (Å²) in [5, 5.41) is 0. The zero-order chi connectivity index (χ0) is 11.2. The first-order chi connectivity index (χ1) is 7.41. The van der Waals surface area contributed by atoms with Crippen LogP contribution >= 0.6 is 0 Å². The van der Waals surface area contributed by atoms with E-state index in [2.05, 4.69) is 38.2 Å². The smallest absolute Gasteiger partial charge is 0.0348 e. The molecule has 1 radical (unpaired) electrons. The molecular formula is C15H21.